The third kappa shape index (κ3) is 2.20. The first-order valence-electron chi connectivity index (χ1n) is 5.64. The van der Waals surface area contributed by atoms with Gasteiger partial charge in [0.25, 0.3) is 5.91 Å². The summed E-state index contributed by atoms with van der Waals surface area (Å²) in [7, 11) is 0. The molecule has 1 fully saturated rings. The average molecular weight is 231 g/mol. The first-order valence-corrected chi connectivity index (χ1v) is 5.64. The minimum atomic E-state index is -0.164. The number of hydrogen-bond acceptors (Lipinski definition) is 3. The normalized spacial score (nSPS) is 14.8. The Kier molecular flexibility index (Phi) is 2.40. The van der Waals surface area contributed by atoms with Gasteiger partial charge in [0.05, 0.1) is 12.2 Å². The van der Waals surface area contributed by atoms with Crippen molar-refractivity contribution in [2.24, 2.45) is 0 Å². The maximum absolute atomic E-state index is 11.8. The predicted octanol–water partition coefficient (Wildman–Crippen LogP) is 0.940. The summed E-state index contributed by atoms with van der Waals surface area (Å²) in [5.41, 5.74) is 2.39. The standard InChI is InChI=1S/C11H13N5O/c17-11(12-6-8-3-4-13-14-8)10-5-9(15-16-10)7-1-2-7/h3-5,7H,1-2,6H2,(H,12,17)(H,13,14)(H,15,16). The van der Waals surface area contributed by atoms with E-state index in [-0.39, 0.29) is 5.91 Å². The lowest BCUT2D eigenvalue weighted by Crippen LogP contribution is -2.23. The summed E-state index contributed by atoms with van der Waals surface area (Å²) in [6.45, 7) is 0.435. The molecule has 88 valence electrons. The first-order chi connectivity index (χ1) is 8.33. The number of nitrogens with one attached hydrogen (secondary N) is 3. The van der Waals surface area contributed by atoms with E-state index >= 15 is 0 Å². The fourth-order valence-corrected chi connectivity index (χ4v) is 1.71. The number of amides is 1. The van der Waals surface area contributed by atoms with Crippen LogP contribution in [-0.4, -0.2) is 26.3 Å². The van der Waals surface area contributed by atoms with Gasteiger partial charge in [0.2, 0.25) is 0 Å². The van der Waals surface area contributed by atoms with Crippen LogP contribution in [0.4, 0.5) is 0 Å². The highest BCUT2D eigenvalue weighted by Gasteiger charge is 2.26. The van der Waals surface area contributed by atoms with Crippen molar-refractivity contribution in [3.8, 4) is 0 Å². The molecule has 0 unspecified atom stereocenters. The molecule has 0 aromatic carbocycles. The molecule has 0 aliphatic heterocycles. The largest absolute Gasteiger partial charge is 0.345 e. The van der Waals surface area contributed by atoms with Crippen LogP contribution in [0.5, 0.6) is 0 Å². The second kappa shape index (κ2) is 4.04. The third-order valence-corrected chi connectivity index (χ3v) is 2.85. The number of nitrogens with zero attached hydrogens (tertiary/aromatic N) is 2. The molecule has 0 saturated heterocycles. The highest BCUT2D eigenvalue weighted by Crippen LogP contribution is 2.38. The molecule has 0 spiro atoms. The molecule has 3 N–H and O–H groups in total. The zero-order chi connectivity index (χ0) is 11.7. The van der Waals surface area contributed by atoms with Crippen molar-refractivity contribution in [3.05, 3.63) is 35.4 Å². The van der Waals surface area contributed by atoms with Crippen LogP contribution in [0, 0.1) is 0 Å². The van der Waals surface area contributed by atoms with Gasteiger partial charge >= 0.3 is 0 Å². The molecule has 0 radical (unpaired) electrons. The Morgan fingerprint density at radius 2 is 2.35 bits per heavy atom. The predicted molar refractivity (Wildman–Crippen MR) is 60.3 cm³/mol. The summed E-state index contributed by atoms with van der Waals surface area (Å²) in [6, 6.07) is 3.65. The minimum absolute atomic E-state index is 0.164. The SMILES string of the molecule is O=C(NCc1ccn[nH]1)c1cc(C2CC2)[nH]n1. The van der Waals surface area contributed by atoms with E-state index in [2.05, 4.69) is 25.7 Å². The molecule has 3 rings (SSSR count). The zero-order valence-corrected chi connectivity index (χ0v) is 9.23. The van der Waals surface area contributed by atoms with E-state index in [0.717, 1.165) is 11.4 Å². The van der Waals surface area contributed by atoms with Gasteiger partial charge in [-0.2, -0.15) is 10.2 Å². The van der Waals surface area contributed by atoms with E-state index in [1.807, 2.05) is 12.1 Å². The number of carbonyl (C=O) groups excluding carboxylic acids is 1. The molecule has 1 amide bonds. The summed E-state index contributed by atoms with van der Waals surface area (Å²) in [4.78, 5) is 11.8. The van der Waals surface area contributed by atoms with Crippen LogP contribution < -0.4 is 5.32 Å². The maximum atomic E-state index is 11.8. The molecule has 0 atom stereocenters. The van der Waals surface area contributed by atoms with Gasteiger partial charge in [0, 0.05) is 17.8 Å². The van der Waals surface area contributed by atoms with Crippen molar-refractivity contribution in [2.75, 3.05) is 0 Å². The molecule has 2 heterocycles. The minimum Gasteiger partial charge on any atom is -0.345 e. The first kappa shape index (κ1) is 10.1. The molecule has 1 aliphatic rings. The lowest BCUT2D eigenvalue weighted by atomic mass is 10.2. The molecular formula is C11H13N5O. The molecule has 0 bridgehead atoms. The Hall–Kier alpha value is -2.11. The van der Waals surface area contributed by atoms with Gasteiger partial charge < -0.3 is 5.32 Å². The fourth-order valence-electron chi connectivity index (χ4n) is 1.71. The zero-order valence-electron chi connectivity index (χ0n) is 9.23. The van der Waals surface area contributed by atoms with Crippen LogP contribution >= 0.6 is 0 Å². The van der Waals surface area contributed by atoms with E-state index in [0.29, 0.717) is 18.2 Å². The Labute approximate surface area is 97.8 Å². The van der Waals surface area contributed by atoms with Gasteiger partial charge in [-0.1, -0.05) is 0 Å². The summed E-state index contributed by atoms with van der Waals surface area (Å²) < 4.78 is 0. The van der Waals surface area contributed by atoms with E-state index in [1.54, 1.807) is 6.20 Å². The number of hydrogen-bond donors (Lipinski definition) is 3. The topological polar surface area (TPSA) is 86.5 Å². The summed E-state index contributed by atoms with van der Waals surface area (Å²) in [5.74, 6) is 0.416. The van der Waals surface area contributed by atoms with E-state index in [9.17, 15) is 4.79 Å². The number of aromatic amines is 2. The van der Waals surface area contributed by atoms with Crippen molar-refractivity contribution in [2.45, 2.75) is 25.3 Å². The Bertz CT molecular complexity index is 512. The lowest BCUT2D eigenvalue weighted by molar-refractivity contribution is 0.0945. The van der Waals surface area contributed by atoms with E-state index in [4.69, 9.17) is 0 Å². The molecule has 6 heteroatoms. The number of carbonyl (C=O) groups is 1. The third-order valence-electron chi connectivity index (χ3n) is 2.85. The van der Waals surface area contributed by atoms with Gasteiger partial charge in [-0.15, -0.1) is 0 Å². The highest BCUT2D eigenvalue weighted by atomic mass is 16.1. The van der Waals surface area contributed by atoms with Crippen molar-refractivity contribution in [3.63, 3.8) is 0 Å². The number of H-pyrrole nitrogens is 2. The molecule has 1 aliphatic carbocycles. The van der Waals surface area contributed by atoms with Crippen LogP contribution in [0.25, 0.3) is 0 Å². The van der Waals surface area contributed by atoms with E-state index < -0.39 is 0 Å². The van der Waals surface area contributed by atoms with Crippen molar-refractivity contribution in [1.82, 2.24) is 25.7 Å². The van der Waals surface area contributed by atoms with Crippen LogP contribution in [0.15, 0.2) is 18.3 Å². The quantitative estimate of drug-likeness (QED) is 0.731. The maximum Gasteiger partial charge on any atom is 0.272 e. The Morgan fingerprint density at radius 1 is 1.47 bits per heavy atom. The van der Waals surface area contributed by atoms with Gasteiger partial charge in [0.15, 0.2) is 0 Å². The van der Waals surface area contributed by atoms with Crippen LogP contribution in [0.3, 0.4) is 0 Å². The smallest absolute Gasteiger partial charge is 0.272 e. The molecular weight excluding hydrogens is 218 g/mol. The average Bonchev–Trinajstić information content (AvgIpc) is 2.88. The van der Waals surface area contributed by atoms with Crippen molar-refractivity contribution < 1.29 is 4.79 Å². The molecule has 2 aromatic rings. The Balaban J connectivity index is 1.60. The highest BCUT2D eigenvalue weighted by molar-refractivity contribution is 5.92. The summed E-state index contributed by atoms with van der Waals surface area (Å²) in [6.07, 6.45) is 4.04. The van der Waals surface area contributed by atoms with Crippen LogP contribution in [0.2, 0.25) is 0 Å². The molecule has 6 nitrogen and oxygen atoms in total. The monoisotopic (exact) mass is 231 g/mol. The second-order valence-electron chi connectivity index (χ2n) is 4.25. The molecule has 1 saturated carbocycles. The molecule has 2 aromatic heterocycles. The summed E-state index contributed by atoms with van der Waals surface area (Å²) in [5, 5.41) is 16.3. The lowest BCUT2D eigenvalue weighted by Gasteiger charge is -1.99. The molecule has 17 heavy (non-hydrogen) atoms. The van der Waals surface area contributed by atoms with Crippen LogP contribution in [-0.2, 0) is 6.54 Å². The summed E-state index contributed by atoms with van der Waals surface area (Å²) >= 11 is 0. The van der Waals surface area contributed by atoms with Gasteiger partial charge in [0.1, 0.15) is 5.69 Å². The van der Waals surface area contributed by atoms with Crippen LogP contribution in [0.1, 0.15) is 40.6 Å². The van der Waals surface area contributed by atoms with Crippen molar-refractivity contribution in [1.29, 1.82) is 0 Å². The van der Waals surface area contributed by atoms with Gasteiger partial charge in [-0.3, -0.25) is 15.0 Å². The second-order valence-corrected chi connectivity index (χ2v) is 4.25. The number of aromatic nitrogens is 4. The fraction of sp³-hybridized carbons (Fsp3) is 0.364. The number of rotatable bonds is 4. The van der Waals surface area contributed by atoms with Gasteiger partial charge in [-0.05, 0) is 25.0 Å². The van der Waals surface area contributed by atoms with E-state index in [1.165, 1.54) is 12.8 Å². The Morgan fingerprint density at radius 3 is 3.06 bits per heavy atom. The van der Waals surface area contributed by atoms with Crippen molar-refractivity contribution >= 4 is 5.91 Å². The van der Waals surface area contributed by atoms with Gasteiger partial charge in [-0.25, -0.2) is 0 Å².